The van der Waals surface area contributed by atoms with Gasteiger partial charge in [-0.2, -0.15) is 0 Å². The van der Waals surface area contributed by atoms with Crippen LogP contribution in [0, 0.1) is 23.4 Å². The van der Waals surface area contributed by atoms with Crippen LogP contribution in [0.25, 0.3) is 22.2 Å². The van der Waals surface area contributed by atoms with Crippen molar-refractivity contribution in [2.45, 2.75) is 31.4 Å². The molecule has 0 aliphatic heterocycles. The average Bonchev–Trinajstić information content (AvgIpc) is 3.01. The highest BCUT2D eigenvalue weighted by Gasteiger charge is 2.37. The number of fused-ring (bicyclic) bond motifs is 1. The Morgan fingerprint density at radius 1 is 1.19 bits per heavy atom. The lowest BCUT2D eigenvalue weighted by molar-refractivity contribution is -0.124. The number of amides is 1. The van der Waals surface area contributed by atoms with Crippen LogP contribution in [0.15, 0.2) is 30.3 Å². The molecule has 1 unspecified atom stereocenters. The Balaban J connectivity index is 1.77. The first-order valence-corrected chi connectivity index (χ1v) is 9.91. The highest BCUT2D eigenvalue weighted by molar-refractivity contribution is 5.92. The van der Waals surface area contributed by atoms with Crippen molar-refractivity contribution in [3.63, 3.8) is 0 Å². The van der Waals surface area contributed by atoms with Gasteiger partial charge >= 0.3 is 0 Å². The van der Waals surface area contributed by atoms with E-state index in [-0.39, 0.29) is 36.1 Å². The molecule has 1 aliphatic rings. The van der Waals surface area contributed by atoms with Gasteiger partial charge in [0.05, 0.1) is 17.8 Å². The maximum Gasteiger partial charge on any atom is 0.220 e. The molecule has 0 radical (unpaired) electrons. The standard InChI is InChI=1S/C22H22F3N3O3/c23-13-8-14-19(11-5-12(6-11)22(27)30)20(28-21(14)16(25)9-13)10-1-2-15(24)17(7-10)31-4-3-18(26)29/h1-2,7-9,11-12,18,28-29H,3-6,26H2,(H2,27,30). The van der Waals surface area contributed by atoms with Gasteiger partial charge in [0.1, 0.15) is 17.9 Å². The molecule has 2 aromatic carbocycles. The number of aromatic amines is 1. The Labute approximate surface area is 176 Å². The number of hydrogen-bond donors (Lipinski definition) is 4. The Kier molecular flexibility index (Phi) is 5.63. The van der Waals surface area contributed by atoms with Crippen LogP contribution < -0.4 is 16.2 Å². The molecular weight excluding hydrogens is 411 g/mol. The van der Waals surface area contributed by atoms with Gasteiger partial charge in [-0.15, -0.1) is 0 Å². The number of aliphatic hydroxyl groups is 1. The summed E-state index contributed by atoms with van der Waals surface area (Å²) in [6.45, 7) is 0.000352. The Hall–Kier alpha value is -3.04. The van der Waals surface area contributed by atoms with Gasteiger partial charge in [-0.1, -0.05) is 0 Å². The van der Waals surface area contributed by atoms with Crippen molar-refractivity contribution < 1.29 is 27.8 Å². The third-order valence-electron chi connectivity index (χ3n) is 5.70. The minimum atomic E-state index is -1.08. The van der Waals surface area contributed by atoms with Crippen LogP contribution in [0.5, 0.6) is 5.75 Å². The molecule has 1 fully saturated rings. The first kappa shape index (κ1) is 21.2. The van der Waals surface area contributed by atoms with E-state index in [2.05, 4.69) is 4.98 Å². The Morgan fingerprint density at radius 2 is 1.94 bits per heavy atom. The van der Waals surface area contributed by atoms with Crippen LogP contribution in [0.1, 0.15) is 30.7 Å². The number of benzene rings is 2. The zero-order valence-electron chi connectivity index (χ0n) is 16.5. The minimum Gasteiger partial charge on any atom is -0.490 e. The molecule has 1 saturated carbocycles. The highest BCUT2D eigenvalue weighted by atomic mass is 19.1. The molecule has 31 heavy (non-hydrogen) atoms. The van der Waals surface area contributed by atoms with Crippen molar-refractivity contribution in [1.29, 1.82) is 0 Å². The first-order valence-electron chi connectivity index (χ1n) is 9.91. The molecule has 1 heterocycles. The second kappa shape index (κ2) is 8.24. The van der Waals surface area contributed by atoms with Crippen molar-refractivity contribution in [2.24, 2.45) is 17.4 Å². The lowest BCUT2D eigenvalue weighted by atomic mass is 9.70. The smallest absolute Gasteiger partial charge is 0.220 e. The number of hydrogen-bond acceptors (Lipinski definition) is 4. The third kappa shape index (κ3) is 4.11. The van der Waals surface area contributed by atoms with Gasteiger partial charge in [0, 0.05) is 29.4 Å². The summed E-state index contributed by atoms with van der Waals surface area (Å²) in [6, 6.07) is 6.20. The van der Waals surface area contributed by atoms with Crippen LogP contribution >= 0.6 is 0 Å². The monoisotopic (exact) mass is 433 g/mol. The number of aromatic nitrogens is 1. The topological polar surface area (TPSA) is 114 Å². The van der Waals surface area contributed by atoms with E-state index >= 15 is 0 Å². The molecular formula is C22H22F3N3O3. The number of carbonyl (C=O) groups is 1. The predicted molar refractivity (Wildman–Crippen MR) is 109 cm³/mol. The van der Waals surface area contributed by atoms with Crippen molar-refractivity contribution >= 4 is 16.8 Å². The van der Waals surface area contributed by atoms with Crippen molar-refractivity contribution in [2.75, 3.05) is 6.61 Å². The summed E-state index contributed by atoms with van der Waals surface area (Å²) in [4.78, 5) is 14.5. The second-order valence-corrected chi connectivity index (χ2v) is 7.84. The Bertz CT molecular complexity index is 1140. The van der Waals surface area contributed by atoms with Gasteiger partial charge in [0.15, 0.2) is 11.6 Å². The van der Waals surface area contributed by atoms with Crippen LogP contribution in [-0.4, -0.2) is 28.8 Å². The summed E-state index contributed by atoms with van der Waals surface area (Å²) < 4.78 is 48.0. The maximum atomic E-state index is 14.5. The fraction of sp³-hybridized carbons (Fsp3) is 0.318. The fourth-order valence-electron chi connectivity index (χ4n) is 4.04. The summed E-state index contributed by atoms with van der Waals surface area (Å²) in [5, 5.41) is 9.53. The molecule has 0 saturated heterocycles. The molecule has 3 aromatic rings. The van der Waals surface area contributed by atoms with Crippen molar-refractivity contribution in [3.05, 3.63) is 53.3 Å². The lowest BCUT2D eigenvalue weighted by Crippen LogP contribution is -2.34. The number of H-pyrrole nitrogens is 1. The number of primary amides is 1. The first-order chi connectivity index (χ1) is 14.7. The molecule has 164 valence electrons. The van der Waals surface area contributed by atoms with Crippen LogP contribution in [-0.2, 0) is 4.79 Å². The third-order valence-corrected chi connectivity index (χ3v) is 5.70. The summed E-state index contributed by atoms with van der Waals surface area (Å²) >= 11 is 0. The number of carbonyl (C=O) groups excluding carboxylic acids is 1. The van der Waals surface area contributed by atoms with E-state index in [1.54, 1.807) is 0 Å². The number of rotatable bonds is 7. The molecule has 4 rings (SSSR count). The largest absolute Gasteiger partial charge is 0.490 e. The second-order valence-electron chi connectivity index (χ2n) is 7.84. The number of aliphatic hydroxyl groups excluding tert-OH is 1. The van der Waals surface area contributed by atoms with E-state index in [4.69, 9.17) is 21.3 Å². The summed E-state index contributed by atoms with van der Waals surface area (Å²) in [6.07, 6.45) is -0.0394. The summed E-state index contributed by atoms with van der Waals surface area (Å²) in [5.74, 6) is -2.97. The number of ether oxygens (including phenoxy) is 1. The molecule has 1 aromatic heterocycles. The molecule has 1 amide bonds. The van der Waals surface area contributed by atoms with E-state index in [1.807, 2.05) is 0 Å². The van der Waals surface area contributed by atoms with E-state index in [1.165, 1.54) is 24.3 Å². The molecule has 1 aliphatic carbocycles. The van der Waals surface area contributed by atoms with Gasteiger partial charge in [-0.05, 0) is 48.6 Å². The molecule has 6 nitrogen and oxygen atoms in total. The van der Waals surface area contributed by atoms with Gasteiger partial charge in [-0.25, -0.2) is 13.2 Å². The van der Waals surface area contributed by atoms with E-state index in [0.29, 0.717) is 35.0 Å². The van der Waals surface area contributed by atoms with Gasteiger partial charge in [0.25, 0.3) is 0 Å². The van der Waals surface area contributed by atoms with Crippen LogP contribution in [0.2, 0.25) is 0 Å². The van der Waals surface area contributed by atoms with Gasteiger partial charge in [0.2, 0.25) is 5.91 Å². The number of nitrogens with two attached hydrogens (primary N) is 2. The van der Waals surface area contributed by atoms with E-state index in [9.17, 15) is 18.0 Å². The van der Waals surface area contributed by atoms with Gasteiger partial charge in [-0.3, -0.25) is 4.79 Å². The quantitative estimate of drug-likeness (QED) is 0.428. The molecule has 0 bridgehead atoms. The molecule has 0 spiro atoms. The molecule has 6 N–H and O–H groups in total. The van der Waals surface area contributed by atoms with E-state index < -0.39 is 29.6 Å². The average molecular weight is 433 g/mol. The normalized spacial score (nSPS) is 19.3. The number of nitrogens with one attached hydrogen (secondary N) is 1. The van der Waals surface area contributed by atoms with Gasteiger partial charge < -0.3 is 26.3 Å². The SMILES string of the molecule is NC(=O)C1CC(c2c(-c3ccc(F)c(OCCC(N)O)c3)[nH]c3c(F)cc(F)cc23)C1. The van der Waals surface area contributed by atoms with Crippen molar-refractivity contribution in [3.8, 4) is 17.0 Å². The van der Waals surface area contributed by atoms with Crippen molar-refractivity contribution in [1.82, 2.24) is 4.98 Å². The Morgan fingerprint density at radius 3 is 2.61 bits per heavy atom. The summed E-state index contributed by atoms with van der Waals surface area (Å²) in [5.41, 5.74) is 12.4. The highest BCUT2D eigenvalue weighted by Crippen LogP contribution is 2.48. The van der Waals surface area contributed by atoms with Crippen LogP contribution in [0.4, 0.5) is 13.2 Å². The zero-order chi connectivity index (χ0) is 22.3. The predicted octanol–water partition coefficient (Wildman–Crippen LogP) is 3.28. The van der Waals surface area contributed by atoms with Crippen LogP contribution in [0.3, 0.4) is 0 Å². The van der Waals surface area contributed by atoms with E-state index in [0.717, 1.165) is 6.07 Å². The summed E-state index contributed by atoms with van der Waals surface area (Å²) in [7, 11) is 0. The molecule has 1 atom stereocenters. The zero-order valence-corrected chi connectivity index (χ0v) is 16.5. The number of halogens is 3. The maximum absolute atomic E-state index is 14.5. The minimum absolute atomic E-state index is 0.000352. The fourth-order valence-corrected chi connectivity index (χ4v) is 4.04. The lowest BCUT2D eigenvalue weighted by Gasteiger charge is -2.34. The molecule has 9 heteroatoms.